The zero-order chi connectivity index (χ0) is 11.8. The molecule has 2 nitrogen and oxygen atoms in total. The molecule has 16 heavy (non-hydrogen) atoms. The molecule has 1 aromatic carbocycles. The maximum Gasteiger partial charge on any atom is 0.108 e. The molecule has 1 aliphatic heterocycles. The molecule has 0 atom stereocenters. The molecule has 1 saturated heterocycles. The van der Waals surface area contributed by atoms with Crippen molar-refractivity contribution in [3.05, 3.63) is 34.4 Å². The average Bonchev–Trinajstić information content (AvgIpc) is 2.23. The van der Waals surface area contributed by atoms with Crippen LogP contribution >= 0.6 is 0 Å². The fourth-order valence-electron chi connectivity index (χ4n) is 2.12. The van der Waals surface area contributed by atoms with E-state index in [0.29, 0.717) is 13.2 Å². The lowest BCUT2D eigenvalue weighted by Crippen LogP contribution is -2.43. The molecule has 2 heteroatoms. The third kappa shape index (κ3) is 1.72. The molecular weight excluding hydrogens is 198 g/mol. The van der Waals surface area contributed by atoms with E-state index in [1.54, 1.807) is 0 Å². The third-order valence-corrected chi connectivity index (χ3v) is 3.69. The molecule has 0 bridgehead atoms. The van der Waals surface area contributed by atoms with Gasteiger partial charge >= 0.3 is 0 Å². The van der Waals surface area contributed by atoms with Gasteiger partial charge in [-0.15, -0.1) is 0 Å². The highest BCUT2D eigenvalue weighted by atomic mass is 16.5. The zero-order valence-electron chi connectivity index (χ0n) is 10.1. The maximum atomic E-state index is 9.18. The third-order valence-electron chi connectivity index (χ3n) is 3.69. The standard InChI is InChI=1S/C14H17NO/c1-10-4-5-13(12(3)11(10)2)6-14(7-15)8-16-9-14/h4-5H,6,8-9H2,1-3H3. The average molecular weight is 215 g/mol. The van der Waals surface area contributed by atoms with Crippen LogP contribution < -0.4 is 0 Å². The molecule has 0 amide bonds. The van der Waals surface area contributed by atoms with Gasteiger partial charge in [0, 0.05) is 0 Å². The second-order valence-corrected chi connectivity index (χ2v) is 4.85. The molecule has 2 rings (SSSR count). The lowest BCUT2D eigenvalue weighted by atomic mass is 9.79. The topological polar surface area (TPSA) is 33.0 Å². The van der Waals surface area contributed by atoms with Crippen molar-refractivity contribution in [3.8, 4) is 6.07 Å². The Balaban J connectivity index is 2.29. The Bertz CT molecular complexity index is 453. The van der Waals surface area contributed by atoms with E-state index in [0.717, 1.165) is 6.42 Å². The fraction of sp³-hybridized carbons (Fsp3) is 0.500. The van der Waals surface area contributed by atoms with Gasteiger partial charge in [0.15, 0.2) is 0 Å². The Morgan fingerprint density at radius 1 is 1.25 bits per heavy atom. The zero-order valence-corrected chi connectivity index (χ0v) is 10.1. The molecule has 1 aliphatic rings. The molecule has 1 fully saturated rings. The number of hydrogen-bond acceptors (Lipinski definition) is 2. The van der Waals surface area contributed by atoms with Crippen LogP contribution in [0.1, 0.15) is 22.3 Å². The van der Waals surface area contributed by atoms with Crippen molar-refractivity contribution in [1.29, 1.82) is 5.26 Å². The maximum absolute atomic E-state index is 9.18. The van der Waals surface area contributed by atoms with Gasteiger partial charge in [-0.25, -0.2) is 0 Å². The van der Waals surface area contributed by atoms with Crippen LogP contribution in [0.5, 0.6) is 0 Å². The minimum Gasteiger partial charge on any atom is -0.378 e. The van der Waals surface area contributed by atoms with E-state index in [1.807, 2.05) is 0 Å². The predicted octanol–water partition coefficient (Wildman–Crippen LogP) is 2.69. The van der Waals surface area contributed by atoms with Crippen molar-refractivity contribution in [2.24, 2.45) is 5.41 Å². The van der Waals surface area contributed by atoms with Gasteiger partial charge in [0.2, 0.25) is 0 Å². The smallest absolute Gasteiger partial charge is 0.108 e. The minimum atomic E-state index is -0.271. The quantitative estimate of drug-likeness (QED) is 0.760. The molecule has 0 aromatic heterocycles. The summed E-state index contributed by atoms with van der Waals surface area (Å²) in [4.78, 5) is 0. The molecule has 0 spiro atoms. The van der Waals surface area contributed by atoms with Gasteiger partial charge in [0.25, 0.3) is 0 Å². The molecule has 1 heterocycles. The summed E-state index contributed by atoms with van der Waals surface area (Å²) >= 11 is 0. The van der Waals surface area contributed by atoms with Gasteiger partial charge in [-0.05, 0) is 49.4 Å². The van der Waals surface area contributed by atoms with Crippen LogP contribution in [0.25, 0.3) is 0 Å². The molecule has 0 unspecified atom stereocenters. The van der Waals surface area contributed by atoms with Gasteiger partial charge < -0.3 is 4.74 Å². The Morgan fingerprint density at radius 2 is 1.94 bits per heavy atom. The van der Waals surface area contributed by atoms with Gasteiger partial charge in [-0.1, -0.05) is 12.1 Å². The van der Waals surface area contributed by atoms with Crippen LogP contribution in [0.4, 0.5) is 0 Å². The van der Waals surface area contributed by atoms with E-state index in [1.165, 1.54) is 22.3 Å². The Labute approximate surface area is 96.9 Å². The van der Waals surface area contributed by atoms with Crippen LogP contribution in [0, 0.1) is 37.5 Å². The second kappa shape index (κ2) is 3.92. The van der Waals surface area contributed by atoms with E-state index in [9.17, 15) is 5.26 Å². The molecule has 0 saturated carbocycles. The first-order valence-electron chi connectivity index (χ1n) is 5.63. The molecular formula is C14H17NO. The van der Waals surface area contributed by atoms with Gasteiger partial charge in [0.05, 0.1) is 19.3 Å². The SMILES string of the molecule is Cc1ccc(CC2(C#N)COC2)c(C)c1C. The first kappa shape index (κ1) is 11.2. The number of aryl methyl sites for hydroxylation is 1. The van der Waals surface area contributed by atoms with Crippen molar-refractivity contribution in [2.75, 3.05) is 13.2 Å². The summed E-state index contributed by atoms with van der Waals surface area (Å²) in [5.41, 5.74) is 4.99. The van der Waals surface area contributed by atoms with Crippen molar-refractivity contribution >= 4 is 0 Å². The van der Waals surface area contributed by atoms with E-state index >= 15 is 0 Å². The fourth-order valence-corrected chi connectivity index (χ4v) is 2.12. The number of nitrogens with zero attached hydrogens (tertiary/aromatic N) is 1. The van der Waals surface area contributed by atoms with Crippen LogP contribution in [0.15, 0.2) is 12.1 Å². The highest BCUT2D eigenvalue weighted by molar-refractivity contribution is 5.40. The Morgan fingerprint density at radius 3 is 2.44 bits per heavy atom. The van der Waals surface area contributed by atoms with E-state index in [-0.39, 0.29) is 5.41 Å². The first-order valence-corrected chi connectivity index (χ1v) is 5.63. The normalized spacial score (nSPS) is 17.6. The summed E-state index contributed by atoms with van der Waals surface area (Å²) < 4.78 is 5.17. The molecule has 84 valence electrons. The number of rotatable bonds is 2. The van der Waals surface area contributed by atoms with Gasteiger partial charge in [-0.3, -0.25) is 0 Å². The summed E-state index contributed by atoms with van der Waals surface area (Å²) in [7, 11) is 0. The summed E-state index contributed by atoms with van der Waals surface area (Å²) in [6.45, 7) is 7.57. The highest BCUT2D eigenvalue weighted by Crippen LogP contribution is 2.32. The Hall–Kier alpha value is -1.33. The van der Waals surface area contributed by atoms with E-state index in [4.69, 9.17) is 4.74 Å². The second-order valence-electron chi connectivity index (χ2n) is 4.85. The highest BCUT2D eigenvalue weighted by Gasteiger charge is 2.39. The molecule has 0 aliphatic carbocycles. The van der Waals surface area contributed by atoms with Crippen LogP contribution in [-0.4, -0.2) is 13.2 Å². The number of benzene rings is 1. The lowest BCUT2D eigenvalue weighted by molar-refractivity contribution is -0.0766. The molecule has 0 N–H and O–H groups in total. The van der Waals surface area contributed by atoms with Crippen LogP contribution in [0.3, 0.4) is 0 Å². The Kier molecular flexibility index (Phi) is 2.73. The first-order chi connectivity index (χ1) is 7.58. The van der Waals surface area contributed by atoms with Gasteiger partial charge in [-0.2, -0.15) is 5.26 Å². The number of ether oxygens (including phenoxy) is 1. The van der Waals surface area contributed by atoms with Crippen LogP contribution in [0.2, 0.25) is 0 Å². The molecule has 0 radical (unpaired) electrons. The van der Waals surface area contributed by atoms with Gasteiger partial charge in [0.1, 0.15) is 5.41 Å². The number of hydrogen-bond donors (Lipinski definition) is 0. The molecule has 1 aromatic rings. The number of nitriles is 1. The summed E-state index contributed by atoms with van der Waals surface area (Å²) in [6, 6.07) is 6.69. The van der Waals surface area contributed by atoms with Crippen molar-refractivity contribution in [1.82, 2.24) is 0 Å². The minimum absolute atomic E-state index is 0.271. The lowest BCUT2D eigenvalue weighted by Gasteiger charge is -2.35. The summed E-state index contributed by atoms with van der Waals surface area (Å²) in [6.07, 6.45) is 0.816. The van der Waals surface area contributed by atoms with Crippen molar-refractivity contribution in [2.45, 2.75) is 27.2 Å². The largest absolute Gasteiger partial charge is 0.378 e. The van der Waals surface area contributed by atoms with Crippen molar-refractivity contribution < 1.29 is 4.74 Å². The predicted molar refractivity (Wildman–Crippen MR) is 63.2 cm³/mol. The van der Waals surface area contributed by atoms with Crippen molar-refractivity contribution in [3.63, 3.8) is 0 Å². The summed E-state index contributed by atoms with van der Waals surface area (Å²) in [5.74, 6) is 0. The monoisotopic (exact) mass is 215 g/mol. The van der Waals surface area contributed by atoms with E-state index in [2.05, 4.69) is 39.0 Å². The van der Waals surface area contributed by atoms with Crippen LogP contribution in [-0.2, 0) is 11.2 Å². The van der Waals surface area contributed by atoms with E-state index < -0.39 is 0 Å². The summed E-state index contributed by atoms with van der Waals surface area (Å²) in [5, 5.41) is 9.18.